The van der Waals surface area contributed by atoms with Crippen LogP contribution < -0.4 is 4.74 Å². The molecule has 1 aromatic rings. The van der Waals surface area contributed by atoms with Crippen LogP contribution >= 0.6 is 0 Å². The highest BCUT2D eigenvalue weighted by atomic mass is 16.5. The predicted molar refractivity (Wildman–Crippen MR) is 81.3 cm³/mol. The third kappa shape index (κ3) is 7.82. The first-order chi connectivity index (χ1) is 10.1. The van der Waals surface area contributed by atoms with Crippen molar-refractivity contribution < 1.29 is 16.0 Å². The van der Waals surface area contributed by atoms with Crippen molar-refractivity contribution in [2.24, 2.45) is 0 Å². The van der Waals surface area contributed by atoms with Crippen LogP contribution in [0.15, 0.2) is 24.3 Å². The molecule has 1 aromatic carbocycles. The van der Waals surface area contributed by atoms with Crippen molar-refractivity contribution in [1.29, 1.82) is 0 Å². The third-order valence-electron chi connectivity index (χ3n) is 3.29. The van der Waals surface area contributed by atoms with Crippen molar-refractivity contribution in [3.05, 3.63) is 29.8 Å². The van der Waals surface area contributed by atoms with Gasteiger partial charge in [0, 0.05) is 0 Å². The van der Waals surface area contributed by atoms with E-state index in [-0.39, 0.29) is 0 Å². The van der Waals surface area contributed by atoms with Crippen LogP contribution in [-0.4, -0.2) is 17.7 Å². The minimum atomic E-state index is -1.56. The number of aliphatic carboxylic acids is 1. The fourth-order valence-corrected chi connectivity index (χ4v) is 2.14. The van der Waals surface area contributed by atoms with Gasteiger partial charge in [-0.25, -0.2) is 4.79 Å². The minimum Gasteiger partial charge on any atom is -0.482 e. The van der Waals surface area contributed by atoms with E-state index < -0.39 is 12.6 Å². The number of unbranched alkanes of at least 4 members (excludes halogenated alkanes) is 6. The van der Waals surface area contributed by atoms with Gasteiger partial charge in [-0.1, -0.05) is 57.6 Å². The SMILES string of the molecule is [3H]C(Oc1ccc(CCCCCCCCC)cc1)C(=O)O. The summed E-state index contributed by atoms with van der Waals surface area (Å²) in [6, 6.07) is 7.37. The van der Waals surface area contributed by atoms with Gasteiger partial charge in [-0.15, -0.1) is 0 Å². The van der Waals surface area contributed by atoms with Gasteiger partial charge >= 0.3 is 5.97 Å². The zero-order valence-corrected chi connectivity index (χ0v) is 12.3. The highest BCUT2D eigenvalue weighted by Gasteiger charge is 1.99. The maximum atomic E-state index is 10.5. The van der Waals surface area contributed by atoms with Crippen LogP contribution in [0.5, 0.6) is 5.75 Å². The van der Waals surface area contributed by atoms with Gasteiger partial charge in [-0.3, -0.25) is 0 Å². The first-order valence-corrected chi connectivity index (χ1v) is 7.54. The number of hydrogen-bond donors (Lipinski definition) is 1. The second-order valence-corrected chi connectivity index (χ2v) is 5.09. The van der Waals surface area contributed by atoms with Gasteiger partial charge in [-0.05, 0) is 30.5 Å². The Kier molecular flexibility index (Phi) is 7.67. The molecule has 0 bridgehead atoms. The molecule has 0 aromatic heterocycles. The first kappa shape index (κ1) is 14.9. The standard InChI is InChI=1S/C17H26O3/c1-2-3-4-5-6-7-8-9-15-10-12-16(13-11-15)20-14-17(18)19/h10-13H,2-9,14H2,1H3,(H,18,19)/i14T. The zero-order valence-electron chi connectivity index (χ0n) is 13.3. The van der Waals surface area contributed by atoms with Crippen LogP contribution in [0.4, 0.5) is 0 Å². The smallest absolute Gasteiger partial charge is 0.341 e. The molecule has 0 aliphatic heterocycles. The third-order valence-corrected chi connectivity index (χ3v) is 3.29. The number of aryl methyl sites for hydroxylation is 1. The molecule has 0 heterocycles. The number of benzene rings is 1. The summed E-state index contributed by atoms with van der Waals surface area (Å²) in [5.41, 5.74) is 1.23. The Hall–Kier alpha value is -1.51. The lowest BCUT2D eigenvalue weighted by molar-refractivity contribution is -0.139. The first-order valence-electron chi connectivity index (χ1n) is 8.12. The van der Waals surface area contributed by atoms with Crippen LogP contribution in [0, 0.1) is 0 Å². The van der Waals surface area contributed by atoms with E-state index in [1.54, 1.807) is 12.1 Å². The van der Waals surface area contributed by atoms with Crippen LogP contribution in [0.2, 0.25) is 0 Å². The van der Waals surface area contributed by atoms with Crippen molar-refractivity contribution in [3.8, 4) is 5.75 Å². The summed E-state index contributed by atoms with van der Waals surface area (Å²) in [5, 5.41) is 8.61. The second kappa shape index (κ2) is 10.3. The quantitative estimate of drug-likeness (QED) is 0.609. The van der Waals surface area contributed by atoms with E-state index >= 15 is 0 Å². The molecule has 0 saturated carbocycles. The Labute approximate surface area is 123 Å². The Morgan fingerprint density at radius 3 is 2.30 bits per heavy atom. The molecule has 1 N–H and O–H groups in total. The lowest BCUT2D eigenvalue weighted by Crippen LogP contribution is -2.09. The largest absolute Gasteiger partial charge is 0.482 e. The zero-order chi connectivity index (χ0) is 15.5. The van der Waals surface area contributed by atoms with E-state index in [1.807, 2.05) is 12.1 Å². The van der Waals surface area contributed by atoms with Crippen LogP contribution in [0.25, 0.3) is 0 Å². The number of ether oxygens (including phenoxy) is 1. The summed E-state index contributed by atoms with van der Waals surface area (Å²) in [6.07, 6.45) is 10.1. The molecule has 20 heavy (non-hydrogen) atoms. The molecule has 1 rings (SSSR count). The van der Waals surface area contributed by atoms with Gasteiger partial charge in [0.25, 0.3) is 0 Å². The summed E-state index contributed by atoms with van der Waals surface area (Å²) in [4.78, 5) is 10.5. The molecule has 0 aliphatic rings. The summed E-state index contributed by atoms with van der Waals surface area (Å²) in [6.45, 7) is 0.672. The topological polar surface area (TPSA) is 46.5 Å². The molecule has 0 fully saturated rings. The number of carboxylic acid groups (broad SMARTS) is 1. The van der Waals surface area contributed by atoms with E-state index in [1.165, 1.54) is 50.5 Å². The van der Waals surface area contributed by atoms with E-state index in [4.69, 9.17) is 11.2 Å². The number of carboxylic acids is 1. The molecule has 112 valence electrons. The lowest BCUT2D eigenvalue weighted by Gasteiger charge is -2.05. The molecule has 1 unspecified atom stereocenters. The Morgan fingerprint density at radius 2 is 1.70 bits per heavy atom. The minimum absolute atomic E-state index is 0.431. The summed E-state index contributed by atoms with van der Waals surface area (Å²) in [5.74, 6) is -0.845. The number of rotatable bonds is 11. The van der Waals surface area contributed by atoms with Crippen molar-refractivity contribution in [3.63, 3.8) is 0 Å². The van der Waals surface area contributed by atoms with Crippen LogP contribution in [-0.2, 0) is 11.2 Å². The summed E-state index contributed by atoms with van der Waals surface area (Å²) >= 11 is 0. The normalized spacial score (nSPS) is 12.8. The van der Waals surface area contributed by atoms with E-state index in [9.17, 15) is 4.79 Å². The number of carbonyl (C=O) groups is 1. The van der Waals surface area contributed by atoms with E-state index in [0.29, 0.717) is 5.75 Å². The van der Waals surface area contributed by atoms with Gasteiger partial charge in [0.2, 0.25) is 0 Å². The molecule has 3 heteroatoms. The Morgan fingerprint density at radius 1 is 1.10 bits per heavy atom. The maximum Gasteiger partial charge on any atom is 0.341 e. The molecular weight excluding hydrogens is 252 g/mol. The average molecular weight is 280 g/mol. The lowest BCUT2D eigenvalue weighted by atomic mass is 10.0. The Bertz CT molecular complexity index is 403. The number of hydrogen-bond acceptors (Lipinski definition) is 2. The molecule has 0 saturated heterocycles. The van der Waals surface area contributed by atoms with E-state index in [0.717, 1.165) is 6.42 Å². The van der Waals surface area contributed by atoms with Gasteiger partial charge in [0.15, 0.2) is 6.58 Å². The van der Waals surface area contributed by atoms with Gasteiger partial charge in [-0.2, -0.15) is 0 Å². The summed E-state index contributed by atoms with van der Waals surface area (Å²) in [7, 11) is 0. The molecular formula is C17H26O3. The highest BCUT2D eigenvalue weighted by Crippen LogP contribution is 2.15. The molecule has 3 nitrogen and oxygen atoms in total. The monoisotopic (exact) mass is 280 g/mol. The molecule has 0 radical (unpaired) electrons. The molecule has 0 spiro atoms. The maximum absolute atomic E-state index is 10.5. The van der Waals surface area contributed by atoms with Crippen molar-refractivity contribution >= 4 is 5.97 Å². The molecule has 1 atom stereocenters. The molecule has 0 amide bonds. The average Bonchev–Trinajstić information content (AvgIpc) is 2.48. The molecule has 0 aliphatic carbocycles. The van der Waals surface area contributed by atoms with Crippen molar-refractivity contribution in [2.45, 2.75) is 58.3 Å². The van der Waals surface area contributed by atoms with Gasteiger partial charge in [0.05, 0.1) is 1.37 Å². The van der Waals surface area contributed by atoms with Gasteiger partial charge < -0.3 is 9.84 Å². The van der Waals surface area contributed by atoms with Crippen LogP contribution in [0.1, 0.15) is 58.8 Å². The van der Waals surface area contributed by atoms with Gasteiger partial charge in [0.1, 0.15) is 5.75 Å². The van der Waals surface area contributed by atoms with E-state index in [2.05, 4.69) is 6.92 Å². The predicted octanol–water partition coefficient (Wildman–Crippen LogP) is 4.44. The summed E-state index contributed by atoms with van der Waals surface area (Å²) < 4.78 is 12.2. The van der Waals surface area contributed by atoms with Crippen molar-refractivity contribution in [1.82, 2.24) is 0 Å². The Balaban J connectivity index is 2.20. The highest BCUT2D eigenvalue weighted by molar-refractivity contribution is 5.68. The van der Waals surface area contributed by atoms with Crippen LogP contribution in [0.3, 0.4) is 0 Å². The second-order valence-electron chi connectivity index (χ2n) is 5.09. The fourth-order valence-electron chi connectivity index (χ4n) is 2.14. The van der Waals surface area contributed by atoms with Crippen molar-refractivity contribution in [2.75, 3.05) is 6.58 Å². The fraction of sp³-hybridized carbons (Fsp3) is 0.588.